The highest BCUT2D eigenvalue weighted by Crippen LogP contribution is 2.37. The number of aromatic nitrogens is 4. The van der Waals surface area contributed by atoms with E-state index < -0.39 is 0 Å². The number of benzene rings is 3. The molecule has 224 valence electrons. The van der Waals surface area contributed by atoms with Gasteiger partial charge in [-0.05, 0) is 105 Å². The van der Waals surface area contributed by atoms with E-state index in [0.717, 1.165) is 63.8 Å². The number of carbonyl (C=O) groups is 1. The fourth-order valence-corrected chi connectivity index (χ4v) is 5.67. The van der Waals surface area contributed by atoms with Gasteiger partial charge in [0, 0.05) is 23.0 Å². The molecule has 3 aromatic carbocycles. The minimum atomic E-state index is -0.318. The van der Waals surface area contributed by atoms with Crippen LogP contribution in [-0.4, -0.2) is 37.4 Å². The number of aliphatic hydroxyl groups excluding tert-OH is 1. The maximum atomic E-state index is 11.4. The molecule has 3 heterocycles. The zero-order chi connectivity index (χ0) is 31.7. The van der Waals surface area contributed by atoms with Crippen LogP contribution in [0.1, 0.15) is 58.2 Å². The third-order valence-corrected chi connectivity index (χ3v) is 8.00. The van der Waals surface area contributed by atoms with Gasteiger partial charge in [-0.1, -0.05) is 24.3 Å². The van der Waals surface area contributed by atoms with Gasteiger partial charge >= 0.3 is 0 Å². The Labute approximate surface area is 260 Å². The van der Waals surface area contributed by atoms with Gasteiger partial charge in [0.05, 0.1) is 17.2 Å². The first kappa shape index (κ1) is 29.6. The normalized spacial score (nSPS) is 11.9. The van der Waals surface area contributed by atoms with Crippen molar-refractivity contribution in [3.8, 4) is 28.7 Å². The number of hydrogen-bond acceptors (Lipinski definition) is 9. The molecular formula is C36H32N6O3. The highest BCUT2D eigenvalue weighted by atomic mass is 16.3. The Bertz CT molecular complexity index is 2130. The molecule has 45 heavy (non-hydrogen) atoms. The molecule has 2 N–H and O–H groups in total. The summed E-state index contributed by atoms with van der Waals surface area (Å²) in [6, 6.07) is 19.3. The molecule has 1 atom stereocenters. The van der Waals surface area contributed by atoms with E-state index in [4.69, 9.17) is 14.4 Å². The lowest BCUT2D eigenvalue weighted by Crippen LogP contribution is -2.03. The lowest BCUT2D eigenvalue weighted by molar-refractivity contribution is 0.112. The number of pyridine rings is 1. The van der Waals surface area contributed by atoms with Crippen molar-refractivity contribution in [2.75, 3.05) is 5.32 Å². The van der Waals surface area contributed by atoms with Crippen LogP contribution in [0, 0.1) is 32.1 Å². The molecule has 0 aliphatic rings. The Kier molecular flexibility index (Phi) is 8.07. The van der Waals surface area contributed by atoms with Crippen molar-refractivity contribution in [1.82, 2.24) is 19.9 Å². The van der Waals surface area contributed by atoms with Crippen LogP contribution in [-0.2, 0) is 6.42 Å². The average Bonchev–Trinajstić information content (AvgIpc) is 3.45. The van der Waals surface area contributed by atoms with Crippen molar-refractivity contribution >= 4 is 39.9 Å². The van der Waals surface area contributed by atoms with Gasteiger partial charge in [0.1, 0.15) is 29.2 Å². The van der Waals surface area contributed by atoms with Gasteiger partial charge in [0.15, 0.2) is 11.4 Å². The average molecular weight is 597 g/mol. The molecule has 0 unspecified atom stereocenters. The summed E-state index contributed by atoms with van der Waals surface area (Å²) in [5.41, 5.74) is 9.72. The predicted octanol–water partition coefficient (Wildman–Crippen LogP) is 7.56. The first-order valence-electron chi connectivity index (χ1n) is 14.8. The maximum absolute atomic E-state index is 11.4. The van der Waals surface area contributed by atoms with Crippen molar-refractivity contribution < 1.29 is 14.3 Å². The number of aryl methyl sites for hydroxylation is 2. The van der Waals surface area contributed by atoms with E-state index in [9.17, 15) is 15.2 Å². The molecule has 0 saturated heterocycles. The van der Waals surface area contributed by atoms with Crippen molar-refractivity contribution in [2.45, 2.75) is 53.1 Å². The molecule has 0 amide bonds. The largest absolute Gasteiger partial charge is 0.435 e. The number of nitrogens with one attached hydrogen (secondary N) is 1. The second kappa shape index (κ2) is 12.3. The van der Waals surface area contributed by atoms with Crippen LogP contribution in [0.25, 0.3) is 44.7 Å². The van der Waals surface area contributed by atoms with Crippen LogP contribution in [0.5, 0.6) is 0 Å². The first-order valence-corrected chi connectivity index (χ1v) is 14.8. The molecule has 0 spiro atoms. The maximum Gasteiger partial charge on any atom is 0.227 e. The molecule has 0 radical (unpaired) electrons. The van der Waals surface area contributed by atoms with Crippen molar-refractivity contribution in [3.63, 3.8) is 0 Å². The number of fused-ring (bicyclic) bond motifs is 2. The topological polar surface area (TPSA) is 138 Å². The molecule has 6 aromatic rings. The van der Waals surface area contributed by atoms with E-state index in [1.807, 2.05) is 50.4 Å². The predicted molar refractivity (Wildman–Crippen MR) is 174 cm³/mol. The van der Waals surface area contributed by atoms with Crippen LogP contribution in [0.4, 0.5) is 11.5 Å². The molecule has 0 bridgehead atoms. The molecule has 0 aliphatic heterocycles. The standard InChI is InChI=1S/C36H32N6O3/c1-20(44)8-5-9-24-15-31-33(38-18-24)35(40-23(4)39-31)41-30-13-7-11-28(22(30)3)27-10-6-12-29(21(27)2)36-42-32-16-25(19-43)14-26(17-37)34(32)45-36/h6-7,10-16,18-20,44H,5,8-9H2,1-4H3,(H,39,40,41)/t20-/m0/s1. The summed E-state index contributed by atoms with van der Waals surface area (Å²) in [5, 5.41) is 22.7. The number of rotatable bonds is 9. The third-order valence-electron chi connectivity index (χ3n) is 8.00. The minimum absolute atomic E-state index is 0.270. The van der Waals surface area contributed by atoms with Crippen molar-refractivity contribution in [1.29, 1.82) is 5.26 Å². The Morgan fingerprint density at radius 3 is 2.49 bits per heavy atom. The Morgan fingerprint density at radius 2 is 1.73 bits per heavy atom. The lowest BCUT2D eigenvalue weighted by Gasteiger charge is -2.17. The third kappa shape index (κ3) is 5.88. The Balaban J connectivity index is 1.35. The summed E-state index contributed by atoms with van der Waals surface area (Å²) in [4.78, 5) is 30.1. The number of aldehydes is 1. The molecular weight excluding hydrogens is 564 g/mol. The van der Waals surface area contributed by atoms with Crippen molar-refractivity contribution in [3.05, 3.63) is 94.4 Å². The number of aliphatic hydroxyl groups is 1. The lowest BCUT2D eigenvalue weighted by atomic mass is 9.93. The van der Waals surface area contributed by atoms with Gasteiger partial charge < -0.3 is 14.8 Å². The smallest absolute Gasteiger partial charge is 0.227 e. The number of anilines is 2. The molecule has 0 fully saturated rings. The van der Waals surface area contributed by atoms with E-state index in [1.54, 1.807) is 13.0 Å². The van der Waals surface area contributed by atoms with Crippen LogP contribution in [0.2, 0.25) is 0 Å². The van der Waals surface area contributed by atoms with Gasteiger partial charge in [0.2, 0.25) is 5.89 Å². The number of nitrogens with zero attached hydrogens (tertiary/aromatic N) is 5. The van der Waals surface area contributed by atoms with Gasteiger partial charge in [-0.3, -0.25) is 9.78 Å². The van der Waals surface area contributed by atoms with Crippen LogP contribution < -0.4 is 5.32 Å². The highest BCUT2D eigenvalue weighted by Gasteiger charge is 2.18. The van der Waals surface area contributed by atoms with E-state index in [0.29, 0.717) is 46.0 Å². The first-order chi connectivity index (χ1) is 21.7. The van der Waals surface area contributed by atoms with E-state index >= 15 is 0 Å². The van der Waals surface area contributed by atoms with E-state index in [-0.39, 0.29) is 11.7 Å². The fourth-order valence-electron chi connectivity index (χ4n) is 5.67. The van der Waals surface area contributed by atoms with Gasteiger partial charge in [-0.25, -0.2) is 15.0 Å². The van der Waals surface area contributed by atoms with E-state index in [1.165, 1.54) is 6.07 Å². The number of hydrogen-bond donors (Lipinski definition) is 2. The van der Waals surface area contributed by atoms with Crippen LogP contribution in [0.3, 0.4) is 0 Å². The molecule has 3 aromatic heterocycles. The molecule has 6 rings (SSSR count). The molecule has 0 saturated carbocycles. The quantitative estimate of drug-likeness (QED) is 0.162. The zero-order valence-electron chi connectivity index (χ0n) is 25.5. The Morgan fingerprint density at radius 1 is 0.978 bits per heavy atom. The van der Waals surface area contributed by atoms with E-state index in [2.05, 4.69) is 40.4 Å². The summed E-state index contributed by atoms with van der Waals surface area (Å²) < 4.78 is 6.08. The summed E-state index contributed by atoms with van der Waals surface area (Å²) in [5.74, 6) is 1.66. The number of carbonyl (C=O) groups excluding carboxylic acids is 1. The monoisotopic (exact) mass is 596 g/mol. The highest BCUT2D eigenvalue weighted by molar-refractivity contribution is 5.91. The summed E-state index contributed by atoms with van der Waals surface area (Å²) in [6.45, 7) is 7.75. The van der Waals surface area contributed by atoms with Gasteiger partial charge in [-0.15, -0.1) is 0 Å². The molecule has 9 heteroatoms. The van der Waals surface area contributed by atoms with Gasteiger partial charge in [-0.2, -0.15) is 5.26 Å². The fraction of sp³-hybridized carbons (Fsp3) is 0.222. The van der Waals surface area contributed by atoms with Gasteiger partial charge in [0.25, 0.3) is 0 Å². The summed E-state index contributed by atoms with van der Waals surface area (Å²) in [6.07, 6.45) is 4.68. The second-order valence-electron chi connectivity index (χ2n) is 11.3. The summed E-state index contributed by atoms with van der Waals surface area (Å²) >= 11 is 0. The summed E-state index contributed by atoms with van der Waals surface area (Å²) in [7, 11) is 0. The van der Waals surface area contributed by atoms with Crippen LogP contribution in [0.15, 0.2) is 65.2 Å². The van der Waals surface area contributed by atoms with Crippen LogP contribution >= 0.6 is 0 Å². The SMILES string of the molecule is Cc1nc(Nc2cccc(-c3cccc(-c4nc5cc(C=O)cc(C#N)c5o4)c3C)c2C)c2ncc(CCC[C@H](C)O)cc2n1. The Hall–Kier alpha value is -5.46. The molecule has 0 aliphatic carbocycles. The number of oxazole rings is 1. The number of nitriles is 1. The van der Waals surface area contributed by atoms with Crippen molar-refractivity contribution in [2.24, 2.45) is 0 Å². The molecule has 9 nitrogen and oxygen atoms in total. The minimum Gasteiger partial charge on any atom is -0.435 e. The second-order valence-corrected chi connectivity index (χ2v) is 11.3. The zero-order valence-corrected chi connectivity index (χ0v) is 25.5.